The highest BCUT2D eigenvalue weighted by molar-refractivity contribution is 14.1. The summed E-state index contributed by atoms with van der Waals surface area (Å²) < 4.78 is 1.97. The molecule has 0 spiro atoms. The molecule has 1 amide bonds. The van der Waals surface area contributed by atoms with Crippen LogP contribution in [0.4, 0.5) is 0 Å². The van der Waals surface area contributed by atoms with E-state index in [4.69, 9.17) is 0 Å². The Morgan fingerprint density at radius 2 is 1.78 bits per heavy atom. The van der Waals surface area contributed by atoms with Crippen LogP contribution in [0.3, 0.4) is 0 Å². The summed E-state index contributed by atoms with van der Waals surface area (Å²) in [6.07, 6.45) is 0. The summed E-state index contributed by atoms with van der Waals surface area (Å²) in [6, 6.07) is 15.4. The predicted molar refractivity (Wildman–Crippen MR) is 84.5 cm³/mol. The molecule has 0 atom stereocenters. The van der Waals surface area contributed by atoms with E-state index in [9.17, 15) is 4.79 Å². The van der Waals surface area contributed by atoms with E-state index in [1.807, 2.05) is 48.5 Å². The zero-order chi connectivity index (χ0) is 13.0. The molecule has 0 radical (unpaired) electrons. The van der Waals surface area contributed by atoms with Gasteiger partial charge in [-0.05, 0) is 46.4 Å². The molecular weight excluding hydrogens is 405 g/mol. The van der Waals surface area contributed by atoms with Crippen LogP contribution in [0.1, 0.15) is 15.9 Å². The second kappa shape index (κ2) is 6.33. The van der Waals surface area contributed by atoms with Crippen molar-refractivity contribution < 1.29 is 4.79 Å². The van der Waals surface area contributed by atoms with Crippen LogP contribution in [0.15, 0.2) is 53.0 Å². The second-order valence-corrected chi connectivity index (χ2v) is 5.77. The first-order chi connectivity index (χ1) is 8.68. The first-order valence-electron chi connectivity index (χ1n) is 5.44. The Balaban J connectivity index is 2.06. The van der Waals surface area contributed by atoms with Crippen molar-refractivity contribution in [1.82, 2.24) is 5.32 Å². The van der Waals surface area contributed by atoms with Gasteiger partial charge in [-0.15, -0.1) is 0 Å². The third-order valence-electron chi connectivity index (χ3n) is 2.52. The molecule has 92 valence electrons. The van der Waals surface area contributed by atoms with E-state index in [0.717, 1.165) is 13.6 Å². The molecule has 0 aromatic heterocycles. The molecule has 2 nitrogen and oxygen atoms in total. The number of rotatable bonds is 3. The minimum absolute atomic E-state index is 0.0456. The van der Waals surface area contributed by atoms with Crippen molar-refractivity contribution in [3.8, 4) is 0 Å². The Hall–Kier alpha value is -0.880. The summed E-state index contributed by atoms with van der Waals surface area (Å²) in [6.45, 7) is 0.519. The summed E-state index contributed by atoms with van der Waals surface area (Å²) in [7, 11) is 0. The molecule has 0 saturated carbocycles. The quantitative estimate of drug-likeness (QED) is 0.754. The lowest BCUT2D eigenvalue weighted by Crippen LogP contribution is -2.23. The van der Waals surface area contributed by atoms with Gasteiger partial charge in [-0.25, -0.2) is 0 Å². The SMILES string of the molecule is O=C(NCc1ccccc1Br)c1ccccc1I. The van der Waals surface area contributed by atoms with Crippen LogP contribution in [-0.4, -0.2) is 5.91 Å². The normalized spacial score (nSPS) is 10.1. The Morgan fingerprint density at radius 3 is 2.50 bits per heavy atom. The number of benzene rings is 2. The van der Waals surface area contributed by atoms with Crippen LogP contribution < -0.4 is 5.32 Å². The largest absolute Gasteiger partial charge is 0.348 e. The van der Waals surface area contributed by atoms with Crippen LogP contribution >= 0.6 is 38.5 Å². The van der Waals surface area contributed by atoms with Gasteiger partial charge in [0.1, 0.15) is 0 Å². The molecule has 0 aliphatic rings. The number of carbonyl (C=O) groups is 1. The van der Waals surface area contributed by atoms with Crippen molar-refractivity contribution in [2.45, 2.75) is 6.54 Å². The standard InChI is InChI=1S/C14H11BrINO/c15-12-7-3-1-5-10(12)9-17-14(18)11-6-2-4-8-13(11)16/h1-8H,9H2,(H,17,18). The first-order valence-corrected chi connectivity index (χ1v) is 7.32. The molecule has 2 rings (SSSR count). The smallest absolute Gasteiger partial charge is 0.252 e. The van der Waals surface area contributed by atoms with Crippen molar-refractivity contribution in [2.75, 3.05) is 0 Å². The lowest BCUT2D eigenvalue weighted by Gasteiger charge is -2.08. The Labute approximate surface area is 128 Å². The third-order valence-corrected chi connectivity index (χ3v) is 4.23. The average molecular weight is 416 g/mol. The van der Waals surface area contributed by atoms with Gasteiger partial charge in [-0.3, -0.25) is 4.79 Å². The molecule has 0 saturated heterocycles. The molecule has 0 unspecified atom stereocenters. The fourth-order valence-corrected chi connectivity index (χ4v) is 2.62. The maximum atomic E-state index is 12.0. The molecule has 2 aromatic carbocycles. The molecule has 4 heteroatoms. The number of nitrogens with one attached hydrogen (secondary N) is 1. The molecule has 0 heterocycles. The van der Waals surface area contributed by atoms with Gasteiger partial charge in [0.05, 0.1) is 5.56 Å². The van der Waals surface area contributed by atoms with E-state index in [-0.39, 0.29) is 5.91 Å². The third kappa shape index (κ3) is 3.32. The van der Waals surface area contributed by atoms with E-state index >= 15 is 0 Å². The number of hydrogen-bond donors (Lipinski definition) is 1. The minimum atomic E-state index is -0.0456. The molecular formula is C14H11BrINO. The Morgan fingerprint density at radius 1 is 1.11 bits per heavy atom. The second-order valence-electron chi connectivity index (χ2n) is 3.75. The molecule has 1 N–H and O–H groups in total. The van der Waals surface area contributed by atoms with E-state index < -0.39 is 0 Å². The molecule has 0 bridgehead atoms. The summed E-state index contributed by atoms with van der Waals surface area (Å²) in [5.41, 5.74) is 1.78. The van der Waals surface area contributed by atoms with Gasteiger partial charge in [-0.1, -0.05) is 46.3 Å². The maximum Gasteiger partial charge on any atom is 0.252 e. The molecule has 2 aromatic rings. The van der Waals surface area contributed by atoms with E-state index in [1.54, 1.807) is 0 Å². The highest BCUT2D eigenvalue weighted by Crippen LogP contribution is 2.16. The number of amides is 1. The van der Waals surface area contributed by atoms with Crippen LogP contribution in [0.25, 0.3) is 0 Å². The fourth-order valence-electron chi connectivity index (χ4n) is 1.56. The monoisotopic (exact) mass is 415 g/mol. The summed E-state index contributed by atoms with van der Waals surface area (Å²) in [5, 5.41) is 2.92. The van der Waals surface area contributed by atoms with Crippen molar-refractivity contribution in [2.24, 2.45) is 0 Å². The zero-order valence-corrected chi connectivity index (χ0v) is 13.2. The minimum Gasteiger partial charge on any atom is -0.348 e. The van der Waals surface area contributed by atoms with Crippen molar-refractivity contribution >= 4 is 44.4 Å². The molecule has 0 fully saturated rings. The highest BCUT2D eigenvalue weighted by Gasteiger charge is 2.09. The Kier molecular flexibility index (Phi) is 4.77. The molecule has 18 heavy (non-hydrogen) atoms. The van der Waals surface area contributed by atoms with Crippen molar-refractivity contribution in [3.63, 3.8) is 0 Å². The maximum absolute atomic E-state index is 12.0. The molecule has 0 aliphatic carbocycles. The summed E-state index contributed by atoms with van der Waals surface area (Å²) in [4.78, 5) is 12.0. The molecule has 0 aliphatic heterocycles. The number of carbonyl (C=O) groups excluding carboxylic acids is 1. The van der Waals surface area contributed by atoms with E-state index in [2.05, 4.69) is 43.8 Å². The summed E-state index contributed by atoms with van der Waals surface area (Å²) >= 11 is 5.63. The highest BCUT2D eigenvalue weighted by atomic mass is 127. The lowest BCUT2D eigenvalue weighted by molar-refractivity contribution is 0.0950. The number of hydrogen-bond acceptors (Lipinski definition) is 1. The average Bonchev–Trinajstić information content (AvgIpc) is 2.38. The first kappa shape index (κ1) is 13.5. The van der Waals surface area contributed by atoms with Crippen molar-refractivity contribution in [3.05, 3.63) is 67.7 Å². The van der Waals surface area contributed by atoms with Gasteiger partial charge in [0, 0.05) is 14.6 Å². The van der Waals surface area contributed by atoms with Crippen LogP contribution in [-0.2, 0) is 6.54 Å². The van der Waals surface area contributed by atoms with Crippen LogP contribution in [0.5, 0.6) is 0 Å². The predicted octanol–water partition coefficient (Wildman–Crippen LogP) is 3.98. The van der Waals surface area contributed by atoms with Gasteiger partial charge >= 0.3 is 0 Å². The van der Waals surface area contributed by atoms with Gasteiger partial charge in [0.2, 0.25) is 0 Å². The van der Waals surface area contributed by atoms with E-state index in [0.29, 0.717) is 12.1 Å². The van der Waals surface area contributed by atoms with Gasteiger partial charge in [0.15, 0.2) is 0 Å². The zero-order valence-electron chi connectivity index (χ0n) is 9.49. The fraction of sp³-hybridized carbons (Fsp3) is 0.0714. The topological polar surface area (TPSA) is 29.1 Å². The van der Waals surface area contributed by atoms with Gasteiger partial charge in [-0.2, -0.15) is 0 Å². The van der Waals surface area contributed by atoms with Crippen LogP contribution in [0.2, 0.25) is 0 Å². The summed E-state index contributed by atoms with van der Waals surface area (Å²) in [5.74, 6) is -0.0456. The Bertz CT molecular complexity index is 571. The van der Waals surface area contributed by atoms with Crippen LogP contribution in [0, 0.1) is 3.57 Å². The van der Waals surface area contributed by atoms with Crippen molar-refractivity contribution in [1.29, 1.82) is 0 Å². The number of halogens is 2. The lowest BCUT2D eigenvalue weighted by atomic mass is 10.2. The van der Waals surface area contributed by atoms with Gasteiger partial charge in [0.25, 0.3) is 5.91 Å². The van der Waals surface area contributed by atoms with Gasteiger partial charge < -0.3 is 5.32 Å². The van der Waals surface area contributed by atoms with E-state index in [1.165, 1.54) is 0 Å².